The first kappa shape index (κ1) is 12.8. The van der Waals surface area contributed by atoms with Crippen LogP contribution < -0.4 is 5.73 Å². The van der Waals surface area contributed by atoms with Crippen LogP contribution in [-0.2, 0) is 0 Å². The van der Waals surface area contributed by atoms with Crippen molar-refractivity contribution in [1.82, 2.24) is 0 Å². The molecule has 3 spiro atoms. The van der Waals surface area contributed by atoms with Crippen molar-refractivity contribution in [2.75, 3.05) is 0 Å². The van der Waals surface area contributed by atoms with Gasteiger partial charge < -0.3 is 5.73 Å². The molecule has 3 heteroatoms. The molecule has 1 aromatic rings. The maximum absolute atomic E-state index is 6.97. The number of hydrogen-bond acceptors (Lipinski definition) is 1. The molecule has 1 nitrogen and oxygen atoms in total. The summed E-state index contributed by atoms with van der Waals surface area (Å²) < 4.78 is 0. The third-order valence-electron chi connectivity index (χ3n) is 10.1. The minimum atomic E-state index is 0.263. The fourth-order valence-electron chi connectivity index (χ4n) is 9.91. The van der Waals surface area contributed by atoms with Gasteiger partial charge in [-0.15, -0.1) is 0 Å². The van der Waals surface area contributed by atoms with Gasteiger partial charge in [-0.3, -0.25) is 0 Å². The molecule has 1 aromatic carbocycles. The highest BCUT2D eigenvalue weighted by atomic mass is 35.5. The SMILES string of the molecule is NC1C(c2c(Cl)cccc2Cl)C2CC23C1C12C(C4C=CC5CC541)C32. The Balaban J connectivity index is 1.27. The molecule has 8 rings (SSSR count). The van der Waals surface area contributed by atoms with E-state index in [-0.39, 0.29) is 6.04 Å². The predicted molar refractivity (Wildman–Crippen MR) is 93.8 cm³/mol. The quantitative estimate of drug-likeness (QED) is 0.737. The average Bonchev–Trinajstić information content (AvgIpc) is 3.44. The van der Waals surface area contributed by atoms with E-state index < -0.39 is 0 Å². The smallest absolute Gasteiger partial charge is 0.0456 e. The predicted octanol–water partition coefficient (Wildman–Crippen LogP) is 4.49. The van der Waals surface area contributed by atoms with Gasteiger partial charge in [0.05, 0.1) is 0 Å². The van der Waals surface area contributed by atoms with Crippen molar-refractivity contribution >= 4 is 23.2 Å². The lowest BCUT2D eigenvalue weighted by molar-refractivity contribution is -0.0788. The van der Waals surface area contributed by atoms with E-state index in [1.165, 1.54) is 12.8 Å². The highest BCUT2D eigenvalue weighted by Gasteiger charge is 3.08. The van der Waals surface area contributed by atoms with Crippen molar-refractivity contribution in [3.05, 3.63) is 46.0 Å². The highest BCUT2D eigenvalue weighted by molar-refractivity contribution is 6.36. The molecule has 0 saturated heterocycles. The number of nitrogens with two attached hydrogens (primary N) is 1. The molecule has 0 bridgehead atoms. The van der Waals surface area contributed by atoms with Gasteiger partial charge in [0.25, 0.3) is 0 Å². The number of hydrogen-bond donors (Lipinski definition) is 1. The molecule has 11 unspecified atom stereocenters. The van der Waals surface area contributed by atoms with E-state index in [9.17, 15) is 0 Å². The zero-order valence-electron chi connectivity index (χ0n) is 13.3. The normalized spacial score (nSPS) is 67.0. The first-order valence-electron chi connectivity index (χ1n) is 9.49. The van der Waals surface area contributed by atoms with Gasteiger partial charge >= 0.3 is 0 Å². The van der Waals surface area contributed by atoms with E-state index in [0.29, 0.717) is 22.2 Å². The summed E-state index contributed by atoms with van der Waals surface area (Å²) in [7, 11) is 0. The Morgan fingerprint density at radius 1 is 1.04 bits per heavy atom. The second-order valence-corrected chi connectivity index (χ2v) is 10.7. The molecule has 6 saturated carbocycles. The first-order chi connectivity index (χ1) is 11.6. The molecule has 0 aliphatic heterocycles. The van der Waals surface area contributed by atoms with Gasteiger partial charge in [-0.25, -0.2) is 0 Å². The molecular weight excluding hydrogens is 337 g/mol. The second-order valence-electron chi connectivity index (χ2n) is 9.84. The third kappa shape index (κ3) is 0.843. The van der Waals surface area contributed by atoms with Crippen molar-refractivity contribution in [1.29, 1.82) is 0 Å². The van der Waals surface area contributed by atoms with Crippen LogP contribution in [0.5, 0.6) is 0 Å². The van der Waals surface area contributed by atoms with Gasteiger partial charge in [0, 0.05) is 22.0 Å². The largest absolute Gasteiger partial charge is 0.327 e. The molecule has 122 valence electrons. The summed E-state index contributed by atoms with van der Waals surface area (Å²) in [5, 5.41) is 1.65. The van der Waals surface area contributed by atoms with Crippen LogP contribution >= 0.6 is 23.2 Å². The molecule has 7 aliphatic rings. The van der Waals surface area contributed by atoms with Crippen molar-refractivity contribution in [3.63, 3.8) is 0 Å². The van der Waals surface area contributed by atoms with Crippen molar-refractivity contribution in [2.24, 2.45) is 57.5 Å². The molecule has 0 heterocycles. The Labute approximate surface area is 151 Å². The summed E-state index contributed by atoms with van der Waals surface area (Å²) in [5.74, 6) is 5.69. The Kier molecular flexibility index (Phi) is 1.68. The lowest BCUT2D eigenvalue weighted by Gasteiger charge is -2.55. The van der Waals surface area contributed by atoms with Crippen LogP contribution in [0.4, 0.5) is 0 Å². The van der Waals surface area contributed by atoms with Crippen LogP contribution in [0, 0.1) is 51.8 Å². The van der Waals surface area contributed by atoms with E-state index in [2.05, 4.69) is 12.2 Å². The summed E-state index contributed by atoms with van der Waals surface area (Å²) in [5.41, 5.74) is 10.0. The van der Waals surface area contributed by atoms with Crippen LogP contribution in [0.3, 0.4) is 0 Å². The maximum Gasteiger partial charge on any atom is 0.0456 e. The Bertz CT molecular complexity index is 889. The van der Waals surface area contributed by atoms with Crippen LogP contribution in [0.25, 0.3) is 0 Å². The molecule has 7 aliphatic carbocycles. The number of benzene rings is 1. The fraction of sp³-hybridized carbons (Fsp3) is 0.619. The van der Waals surface area contributed by atoms with Gasteiger partial charge in [0.1, 0.15) is 0 Å². The van der Waals surface area contributed by atoms with Crippen molar-refractivity contribution in [3.8, 4) is 0 Å². The minimum Gasteiger partial charge on any atom is -0.327 e. The summed E-state index contributed by atoms with van der Waals surface area (Å²) >= 11 is 13.1. The maximum atomic E-state index is 6.97. The van der Waals surface area contributed by atoms with E-state index in [1.54, 1.807) is 0 Å². The summed E-state index contributed by atoms with van der Waals surface area (Å²) in [4.78, 5) is 0. The van der Waals surface area contributed by atoms with Crippen molar-refractivity contribution < 1.29 is 0 Å². The topological polar surface area (TPSA) is 26.0 Å². The Morgan fingerprint density at radius 2 is 1.83 bits per heavy atom. The third-order valence-corrected chi connectivity index (χ3v) is 10.7. The molecule has 11 atom stereocenters. The van der Waals surface area contributed by atoms with Crippen molar-refractivity contribution in [2.45, 2.75) is 24.8 Å². The zero-order valence-corrected chi connectivity index (χ0v) is 14.8. The number of allylic oxidation sites excluding steroid dienone is 2. The molecule has 0 radical (unpaired) electrons. The summed E-state index contributed by atoms with van der Waals surface area (Å²) in [6.45, 7) is 0. The van der Waals surface area contributed by atoms with E-state index >= 15 is 0 Å². The standard InChI is InChI=1S/C21H19Cl2N/c22-11-2-1-3-12(23)14(11)13-10-7-19(10)17-15-9-5-4-8-6-20(8,9)21(15,17)18(19)16(13)24/h1-5,8-10,13,15-18H,6-7,24H2. The van der Waals surface area contributed by atoms with Gasteiger partial charge in [-0.1, -0.05) is 41.4 Å². The lowest BCUT2D eigenvalue weighted by atomic mass is 9.48. The summed E-state index contributed by atoms with van der Waals surface area (Å²) in [6, 6.07) is 6.19. The molecule has 0 aromatic heterocycles. The van der Waals surface area contributed by atoms with E-state index in [4.69, 9.17) is 28.9 Å². The first-order valence-corrected chi connectivity index (χ1v) is 10.2. The molecule has 2 N–H and O–H groups in total. The van der Waals surface area contributed by atoms with Crippen LogP contribution in [0.2, 0.25) is 10.0 Å². The van der Waals surface area contributed by atoms with Crippen LogP contribution in [-0.4, -0.2) is 6.04 Å². The lowest BCUT2D eigenvalue weighted by Crippen LogP contribution is -2.57. The fourth-order valence-corrected chi connectivity index (χ4v) is 10.6. The van der Waals surface area contributed by atoms with Gasteiger partial charge in [0.2, 0.25) is 0 Å². The summed E-state index contributed by atoms with van der Waals surface area (Å²) in [6.07, 6.45) is 7.95. The monoisotopic (exact) mass is 355 g/mol. The molecular formula is C21H19Cl2N. The second kappa shape index (κ2) is 3.15. The van der Waals surface area contributed by atoms with E-state index in [0.717, 1.165) is 51.1 Å². The Morgan fingerprint density at radius 3 is 2.58 bits per heavy atom. The average molecular weight is 356 g/mol. The number of halogens is 2. The van der Waals surface area contributed by atoms with Gasteiger partial charge in [-0.05, 0) is 82.3 Å². The van der Waals surface area contributed by atoms with Gasteiger partial charge in [0.15, 0.2) is 0 Å². The number of rotatable bonds is 1. The highest BCUT2D eigenvalue weighted by Crippen LogP contribution is 3.11. The van der Waals surface area contributed by atoms with Crippen LogP contribution in [0.15, 0.2) is 30.4 Å². The number of fused-ring (bicyclic) bond motifs is 2. The Hall–Kier alpha value is -0.500. The minimum absolute atomic E-state index is 0.263. The van der Waals surface area contributed by atoms with E-state index in [1.807, 2.05) is 18.2 Å². The molecule has 0 amide bonds. The van der Waals surface area contributed by atoms with Crippen LogP contribution in [0.1, 0.15) is 24.3 Å². The molecule has 6 fully saturated rings. The molecule has 24 heavy (non-hydrogen) atoms. The van der Waals surface area contributed by atoms with Gasteiger partial charge in [-0.2, -0.15) is 0 Å². The zero-order chi connectivity index (χ0) is 15.8.